The zero-order valence-corrected chi connectivity index (χ0v) is 15.5. The Bertz CT molecular complexity index is 587. The van der Waals surface area contributed by atoms with E-state index in [0.29, 0.717) is 18.8 Å². The average molecular weight is 347 g/mol. The van der Waals surface area contributed by atoms with Gasteiger partial charge in [-0.3, -0.25) is 9.59 Å². The summed E-state index contributed by atoms with van der Waals surface area (Å²) in [6.45, 7) is 8.35. The summed E-state index contributed by atoms with van der Waals surface area (Å²) in [7, 11) is 1.58. The smallest absolute Gasteiger partial charge is 0.227 e. The molecular weight excluding hydrogens is 318 g/mol. The van der Waals surface area contributed by atoms with Crippen LogP contribution in [0.1, 0.15) is 26.7 Å². The quantitative estimate of drug-likeness (QED) is 0.693. The Balaban J connectivity index is 1.86. The molecule has 0 aromatic heterocycles. The van der Waals surface area contributed by atoms with E-state index in [9.17, 15) is 9.59 Å². The molecule has 1 aromatic rings. The number of anilines is 1. The van der Waals surface area contributed by atoms with Crippen LogP contribution in [0.25, 0.3) is 0 Å². The second-order valence-electron chi connectivity index (χ2n) is 6.25. The normalized spacial score (nSPS) is 17.2. The molecule has 1 aliphatic rings. The third-order valence-electron chi connectivity index (χ3n) is 4.72. The highest BCUT2D eigenvalue weighted by atomic mass is 16.5. The number of para-hydroxylation sites is 2. The molecule has 2 rings (SSSR count). The summed E-state index contributed by atoms with van der Waals surface area (Å²) in [6.07, 6.45) is 1.17. The van der Waals surface area contributed by atoms with Crippen LogP contribution in [0.3, 0.4) is 0 Å². The molecule has 1 aromatic carbocycles. The van der Waals surface area contributed by atoms with Gasteiger partial charge in [-0.2, -0.15) is 0 Å². The standard InChI is InChI=1S/C19H29N3O3/c1-4-21(5-2)12-8-11-20-19(24)15-13-18(23)22(14-15)16-9-6-7-10-17(16)25-3/h6-7,9-10,15H,4-5,8,11-14H2,1-3H3,(H,20,24). The third kappa shape index (κ3) is 4.95. The fraction of sp³-hybridized carbons (Fsp3) is 0.579. The summed E-state index contributed by atoms with van der Waals surface area (Å²) in [5.41, 5.74) is 0.729. The number of rotatable bonds is 9. The summed E-state index contributed by atoms with van der Waals surface area (Å²) in [5, 5.41) is 2.97. The van der Waals surface area contributed by atoms with Gasteiger partial charge in [0, 0.05) is 19.5 Å². The zero-order chi connectivity index (χ0) is 18.2. The van der Waals surface area contributed by atoms with E-state index < -0.39 is 0 Å². The monoisotopic (exact) mass is 347 g/mol. The van der Waals surface area contributed by atoms with Gasteiger partial charge in [-0.1, -0.05) is 26.0 Å². The molecule has 2 amide bonds. The van der Waals surface area contributed by atoms with E-state index in [1.807, 2.05) is 24.3 Å². The maximum atomic E-state index is 12.4. The minimum atomic E-state index is -0.300. The summed E-state index contributed by atoms with van der Waals surface area (Å²) >= 11 is 0. The maximum Gasteiger partial charge on any atom is 0.227 e. The molecule has 1 heterocycles. The number of hydrogen-bond acceptors (Lipinski definition) is 4. The number of amides is 2. The van der Waals surface area contributed by atoms with Gasteiger partial charge < -0.3 is 19.9 Å². The van der Waals surface area contributed by atoms with Crippen LogP contribution in [-0.2, 0) is 9.59 Å². The van der Waals surface area contributed by atoms with Crippen LogP contribution < -0.4 is 15.0 Å². The molecule has 25 heavy (non-hydrogen) atoms. The van der Waals surface area contributed by atoms with Crippen molar-refractivity contribution in [2.75, 3.05) is 44.7 Å². The minimum Gasteiger partial charge on any atom is -0.495 e. The maximum absolute atomic E-state index is 12.4. The summed E-state index contributed by atoms with van der Waals surface area (Å²) < 4.78 is 5.33. The van der Waals surface area contributed by atoms with E-state index in [0.717, 1.165) is 31.7 Å². The summed E-state index contributed by atoms with van der Waals surface area (Å²) in [5.74, 6) is 0.278. The molecular formula is C19H29N3O3. The molecule has 1 fully saturated rings. The largest absolute Gasteiger partial charge is 0.495 e. The van der Waals surface area contributed by atoms with Crippen LogP contribution in [-0.4, -0.2) is 56.5 Å². The van der Waals surface area contributed by atoms with Crippen molar-refractivity contribution < 1.29 is 14.3 Å². The first kappa shape index (κ1) is 19.2. The van der Waals surface area contributed by atoms with Crippen molar-refractivity contribution in [1.29, 1.82) is 0 Å². The molecule has 1 unspecified atom stereocenters. The highest BCUT2D eigenvalue weighted by Gasteiger charge is 2.36. The van der Waals surface area contributed by atoms with E-state index in [-0.39, 0.29) is 24.2 Å². The number of benzene rings is 1. The van der Waals surface area contributed by atoms with Gasteiger partial charge in [0.2, 0.25) is 11.8 Å². The Morgan fingerprint density at radius 3 is 2.72 bits per heavy atom. The van der Waals surface area contributed by atoms with Gasteiger partial charge in [0.1, 0.15) is 5.75 Å². The Morgan fingerprint density at radius 2 is 2.04 bits per heavy atom. The first-order valence-corrected chi connectivity index (χ1v) is 9.04. The lowest BCUT2D eigenvalue weighted by molar-refractivity contribution is -0.126. The van der Waals surface area contributed by atoms with Crippen LogP contribution in [0.2, 0.25) is 0 Å². The van der Waals surface area contributed by atoms with Crippen LogP contribution in [0.15, 0.2) is 24.3 Å². The fourth-order valence-corrected chi connectivity index (χ4v) is 3.17. The number of nitrogens with zero attached hydrogens (tertiary/aromatic N) is 2. The van der Waals surface area contributed by atoms with Crippen LogP contribution in [0.4, 0.5) is 5.69 Å². The SMILES string of the molecule is CCN(CC)CCCNC(=O)C1CC(=O)N(c2ccccc2OC)C1. The zero-order valence-electron chi connectivity index (χ0n) is 15.5. The molecule has 1 saturated heterocycles. The molecule has 0 aliphatic carbocycles. The number of methoxy groups -OCH3 is 1. The molecule has 1 atom stereocenters. The summed E-state index contributed by atoms with van der Waals surface area (Å²) in [4.78, 5) is 28.7. The first-order valence-electron chi connectivity index (χ1n) is 9.04. The summed E-state index contributed by atoms with van der Waals surface area (Å²) in [6, 6.07) is 7.40. The number of ether oxygens (including phenoxy) is 1. The Kier molecular flexibility index (Phi) is 7.25. The van der Waals surface area contributed by atoms with E-state index in [1.165, 1.54) is 0 Å². The second kappa shape index (κ2) is 9.42. The van der Waals surface area contributed by atoms with Gasteiger partial charge in [-0.15, -0.1) is 0 Å². The molecule has 138 valence electrons. The lowest BCUT2D eigenvalue weighted by Gasteiger charge is -2.20. The van der Waals surface area contributed by atoms with E-state index in [1.54, 1.807) is 12.0 Å². The molecule has 0 radical (unpaired) electrons. The van der Waals surface area contributed by atoms with Crippen molar-refractivity contribution in [3.8, 4) is 5.75 Å². The number of carbonyl (C=O) groups excluding carboxylic acids is 2. The fourth-order valence-electron chi connectivity index (χ4n) is 3.17. The van der Waals surface area contributed by atoms with E-state index >= 15 is 0 Å². The lowest BCUT2D eigenvalue weighted by atomic mass is 10.1. The molecule has 1 aliphatic heterocycles. The van der Waals surface area contributed by atoms with Crippen molar-refractivity contribution in [2.24, 2.45) is 5.92 Å². The van der Waals surface area contributed by atoms with Crippen LogP contribution in [0.5, 0.6) is 5.75 Å². The molecule has 0 saturated carbocycles. The Hall–Kier alpha value is -2.08. The third-order valence-corrected chi connectivity index (χ3v) is 4.72. The average Bonchev–Trinajstić information content (AvgIpc) is 3.03. The van der Waals surface area contributed by atoms with Crippen molar-refractivity contribution in [3.05, 3.63) is 24.3 Å². The van der Waals surface area contributed by atoms with Crippen molar-refractivity contribution >= 4 is 17.5 Å². The van der Waals surface area contributed by atoms with E-state index in [4.69, 9.17) is 4.74 Å². The molecule has 6 nitrogen and oxygen atoms in total. The van der Waals surface area contributed by atoms with Crippen LogP contribution >= 0.6 is 0 Å². The van der Waals surface area contributed by atoms with Crippen LogP contribution in [0, 0.1) is 5.92 Å². The van der Waals surface area contributed by atoms with Gasteiger partial charge in [-0.25, -0.2) is 0 Å². The first-order chi connectivity index (χ1) is 12.1. The predicted molar refractivity (Wildman–Crippen MR) is 98.9 cm³/mol. The van der Waals surface area contributed by atoms with Gasteiger partial charge in [0.15, 0.2) is 0 Å². The highest BCUT2D eigenvalue weighted by molar-refractivity contribution is 6.01. The molecule has 6 heteroatoms. The predicted octanol–water partition coefficient (Wildman–Crippen LogP) is 1.90. The van der Waals surface area contributed by atoms with Gasteiger partial charge >= 0.3 is 0 Å². The number of carbonyl (C=O) groups is 2. The molecule has 0 bridgehead atoms. The number of hydrogen-bond donors (Lipinski definition) is 1. The van der Waals surface area contributed by atoms with Gasteiger partial charge in [0.05, 0.1) is 18.7 Å². The second-order valence-corrected chi connectivity index (χ2v) is 6.25. The molecule has 0 spiro atoms. The van der Waals surface area contributed by atoms with Gasteiger partial charge in [0.25, 0.3) is 0 Å². The molecule has 1 N–H and O–H groups in total. The topological polar surface area (TPSA) is 61.9 Å². The lowest BCUT2D eigenvalue weighted by Crippen LogP contribution is -2.35. The van der Waals surface area contributed by atoms with Crippen molar-refractivity contribution in [2.45, 2.75) is 26.7 Å². The number of nitrogens with one attached hydrogen (secondary N) is 1. The highest BCUT2D eigenvalue weighted by Crippen LogP contribution is 2.32. The Labute approximate surface area is 150 Å². The minimum absolute atomic E-state index is 0.0345. The van der Waals surface area contributed by atoms with Crippen molar-refractivity contribution in [3.63, 3.8) is 0 Å². The Morgan fingerprint density at radius 1 is 1.32 bits per heavy atom. The van der Waals surface area contributed by atoms with Gasteiger partial charge in [-0.05, 0) is 38.2 Å². The van der Waals surface area contributed by atoms with Crippen molar-refractivity contribution in [1.82, 2.24) is 10.2 Å². The van der Waals surface area contributed by atoms with E-state index in [2.05, 4.69) is 24.1 Å².